The Hall–Kier alpha value is -2.81. The van der Waals surface area contributed by atoms with Crippen LogP contribution in [0.4, 0.5) is 4.39 Å². The van der Waals surface area contributed by atoms with Gasteiger partial charge in [0, 0.05) is 19.2 Å². The maximum Gasteiger partial charge on any atom is 0.255 e. The van der Waals surface area contributed by atoms with E-state index in [0.29, 0.717) is 25.3 Å². The Balaban J connectivity index is 1.71. The van der Waals surface area contributed by atoms with Gasteiger partial charge in [-0.1, -0.05) is 30.3 Å². The van der Waals surface area contributed by atoms with Crippen molar-refractivity contribution in [3.8, 4) is 0 Å². The minimum atomic E-state index is -0.603. The van der Waals surface area contributed by atoms with Gasteiger partial charge in [0.2, 0.25) is 0 Å². The summed E-state index contributed by atoms with van der Waals surface area (Å²) < 4.78 is 24.7. The molecule has 0 aliphatic carbocycles. The van der Waals surface area contributed by atoms with E-state index in [2.05, 4.69) is 10.6 Å². The number of halogens is 1. The number of ether oxygens (including phenoxy) is 2. The lowest BCUT2D eigenvalue weighted by Gasteiger charge is -2.37. The van der Waals surface area contributed by atoms with E-state index in [4.69, 9.17) is 9.47 Å². The van der Waals surface area contributed by atoms with E-state index in [1.54, 1.807) is 30.3 Å². The highest BCUT2D eigenvalue weighted by Crippen LogP contribution is 2.11. The van der Waals surface area contributed by atoms with Gasteiger partial charge < -0.3 is 20.1 Å². The van der Waals surface area contributed by atoms with Crippen LogP contribution in [-0.4, -0.2) is 62.5 Å². The van der Waals surface area contributed by atoms with Crippen LogP contribution in [0.15, 0.2) is 54.6 Å². The van der Waals surface area contributed by atoms with Crippen molar-refractivity contribution in [1.29, 1.82) is 0 Å². The molecular weight excluding hydrogens is 377 g/mol. The summed E-state index contributed by atoms with van der Waals surface area (Å²) in [7, 11) is 1.54. The lowest BCUT2D eigenvalue weighted by molar-refractivity contribution is -0.171. The third-order valence-electron chi connectivity index (χ3n) is 4.68. The molecule has 0 radical (unpaired) electrons. The quantitative estimate of drug-likeness (QED) is 0.737. The maximum absolute atomic E-state index is 14.0. The van der Waals surface area contributed by atoms with Gasteiger partial charge in [-0.05, 0) is 24.3 Å². The molecule has 29 heavy (non-hydrogen) atoms. The van der Waals surface area contributed by atoms with Crippen LogP contribution in [0.1, 0.15) is 20.7 Å². The Morgan fingerprint density at radius 2 is 1.90 bits per heavy atom. The number of morpholine rings is 1. The molecule has 2 unspecified atom stereocenters. The van der Waals surface area contributed by atoms with Crippen molar-refractivity contribution in [3.63, 3.8) is 0 Å². The first-order chi connectivity index (χ1) is 14.1. The predicted molar refractivity (Wildman–Crippen MR) is 105 cm³/mol. The van der Waals surface area contributed by atoms with E-state index >= 15 is 0 Å². The van der Waals surface area contributed by atoms with Crippen molar-refractivity contribution < 1.29 is 23.5 Å². The smallest absolute Gasteiger partial charge is 0.255 e. The molecule has 2 aromatic carbocycles. The van der Waals surface area contributed by atoms with E-state index in [1.165, 1.54) is 25.3 Å². The Kier molecular flexibility index (Phi) is 7.29. The summed E-state index contributed by atoms with van der Waals surface area (Å²) in [6.45, 7) is 1.49. The Morgan fingerprint density at radius 3 is 2.62 bits per heavy atom. The van der Waals surface area contributed by atoms with Crippen LogP contribution in [-0.2, 0) is 9.47 Å². The van der Waals surface area contributed by atoms with Crippen molar-refractivity contribution in [2.45, 2.75) is 12.5 Å². The molecule has 1 heterocycles. The minimum Gasteiger partial charge on any atom is -0.355 e. The van der Waals surface area contributed by atoms with Crippen molar-refractivity contribution in [1.82, 2.24) is 15.5 Å². The molecule has 2 N–H and O–H groups in total. The first-order valence-electron chi connectivity index (χ1n) is 9.35. The number of benzene rings is 2. The molecule has 7 nitrogen and oxygen atoms in total. The second kappa shape index (κ2) is 10.1. The molecule has 0 aromatic heterocycles. The molecular formula is C21H24FN3O4. The van der Waals surface area contributed by atoms with Crippen LogP contribution in [0.25, 0.3) is 0 Å². The van der Waals surface area contributed by atoms with E-state index in [-0.39, 0.29) is 18.0 Å². The zero-order valence-corrected chi connectivity index (χ0v) is 16.1. The molecule has 8 heteroatoms. The van der Waals surface area contributed by atoms with Gasteiger partial charge in [-0.3, -0.25) is 14.5 Å². The number of carbonyl (C=O) groups excluding carboxylic acids is 2. The van der Waals surface area contributed by atoms with Crippen LogP contribution >= 0.6 is 0 Å². The van der Waals surface area contributed by atoms with Gasteiger partial charge in [0.05, 0.1) is 25.3 Å². The first kappa shape index (κ1) is 20.9. The number of hydrogen-bond donors (Lipinski definition) is 2. The van der Waals surface area contributed by atoms with E-state index in [1.807, 2.05) is 11.0 Å². The van der Waals surface area contributed by atoms with Gasteiger partial charge in [-0.15, -0.1) is 0 Å². The molecule has 1 aliphatic rings. The van der Waals surface area contributed by atoms with Gasteiger partial charge in [-0.25, -0.2) is 4.39 Å². The molecule has 2 aromatic rings. The largest absolute Gasteiger partial charge is 0.355 e. The van der Waals surface area contributed by atoms with Crippen LogP contribution < -0.4 is 10.6 Å². The average molecular weight is 401 g/mol. The highest BCUT2D eigenvalue weighted by molar-refractivity contribution is 5.95. The molecule has 2 amide bonds. The molecule has 1 fully saturated rings. The number of amides is 2. The third-order valence-corrected chi connectivity index (χ3v) is 4.68. The number of methoxy groups -OCH3 is 1. The van der Waals surface area contributed by atoms with E-state index in [0.717, 1.165) is 0 Å². The van der Waals surface area contributed by atoms with Crippen molar-refractivity contribution in [3.05, 3.63) is 71.5 Å². The summed E-state index contributed by atoms with van der Waals surface area (Å²) in [5.74, 6) is -1.41. The minimum absolute atomic E-state index is 0.0524. The van der Waals surface area contributed by atoms with E-state index in [9.17, 15) is 14.0 Å². The molecule has 0 saturated carbocycles. The predicted octanol–water partition coefficient (Wildman–Crippen LogP) is 1.62. The summed E-state index contributed by atoms with van der Waals surface area (Å²) in [5.41, 5.74) is 0.465. The zero-order valence-electron chi connectivity index (χ0n) is 16.1. The summed E-state index contributed by atoms with van der Waals surface area (Å²) >= 11 is 0. The maximum atomic E-state index is 14.0. The van der Waals surface area contributed by atoms with Gasteiger partial charge in [0.25, 0.3) is 11.8 Å². The highest BCUT2D eigenvalue weighted by Gasteiger charge is 2.28. The molecule has 1 saturated heterocycles. The SMILES string of the molecule is COC1CN(C(CNC(=O)c2ccccc2)NC(=O)c2ccccc2F)CCO1. The van der Waals surface area contributed by atoms with Crippen molar-refractivity contribution in [2.75, 3.05) is 33.4 Å². The van der Waals surface area contributed by atoms with Crippen LogP contribution in [0.2, 0.25) is 0 Å². The lowest BCUT2D eigenvalue weighted by atomic mass is 10.2. The topological polar surface area (TPSA) is 79.9 Å². The Bertz CT molecular complexity index is 834. The van der Waals surface area contributed by atoms with Crippen molar-refractivity contribution in [2.24, 2.45) is 0 Å². The fourth-order valence-corrected chi connectivity index (χ4v) is 3.09. The third kappa shape index (κ3) is 5.60. The van der Waals surface area contributed by atoms with Gasteiger partial charge >= 0.3 is 0 Å². The molecule has 3 rings (SSSR count). The van der Waals surface area contributed by atoms with Gasteiger partial charge in [0.15, 0.2) is 6.29 Å². The summed E-state index contributed by atoms with van der Waals surface area (Å²) in [6.07, 6.45) is -1.00. The summed E-state index contributed by atoms with van der Waals surface area (Å²) in [6, 6.07) is 14.6. The molecule has 2 atom stereocenters. The monoisotopic (exact) mass is 401 g/mol. The fraction of sp³-hybridized carbons (Fsp3) is 0.333. The summed E-state index contributed by atoms with van der Waals surface area (Å²) in [5, 5.41) is 5.65. The Morgan fingerprint density at radius 1 is 1.17 bits per heavy atom. The number of nitrogens with zero attached hydrogens (tertiary/aromatic N) is 1. The first-order valence-corrected chi connectivity index (χ1v) is 9.35. The Labute approximate surface area is 168 Å². The fourth-order valence-electron chi connectivity index (χ4n) is 3.09. The highest BCUT2D eigenvalue weighted by atomic mass is 19.1. The standard InChI is InChI=1S/C21H24FN3O4/c1-28-19-14-25(11-12-29-19)18(13-23-20(26)15-7-3-2-4-8-15)24-21(27)16-9-5-6-10-17(16)22/h2-10,18-19H,11-14H2,1H3,(H,23,26)(H,24,27). The molecule has 0 spiro atoms. The number of hydrogen-bond acceptors (Lipinski definition) is 5. The molecule has 0 bridgehead atoms. The normalized spacial score (nSPS) is 18.1. The number of nitrogens with one attached hydrogen (secondary N) is 2. The van der Waals surface area contributed by atoms with Crippen molar-refractivity contribution >= 4 is 11.8 Å². The number of carbonyl (C=O) groups is 2. The van der Waals surface area contributed by atoms with E-state index < -0.39 is 24.2 Å². The van der Waals surface area contributed by atoms with Gasteiger partial charge in [-0.2, -0.15) is 0 Å². The second-order valence-corrected chi connectivity index (χ2v) is 6.58. The average Bonchev–Trinajstić information content (AvgIpc) is 2.77. The second-order valence-electron chi connectivity index (χ2n) is 6.58. The summed E-state index contributed by atoms with van der Waals surface area (Å²) in [4.78, 5) is 27.0. The number of rotatable bonds is 7. The van der Waals surface area contributed by atoms with Crippen LogP contribution in [0, 0.1) is 5.82 Å². The molecule has 1 aliphatic heterocycles. The van der Waals surface area contributed by atoms with Crippen LogP contribution in [0.3, 0.4) is 0 Å². The van der Waals surface area contributed by atoms with Crippen LogP contribution in [0.5, 0.6) is 0 Å². The lowest BCUT2D eigenvalue weighted by Crippen LogP contribution is -2.58. The zero-order chi connectivity index (χ0) is 20.6. The molecule has 154 valence electrons. The van der Waals surface area contributed by atoms with Gasteiger partial charge in [0.1, 0.15) is 12.0 Å².